The highest BCUT2D eigenvalue weighted by atomic mass is 16.6. The monoisotopic (exact) mass is 391 g/mol. The van der Waals surface area contributed by atoms with Gasteiger partial charge in [-0.2, -0.15) is 0 Å². The summed E-state index contributed by atoms with van der Waals surface area (Å²) in [6, 6.07) is 15.9. The zero-order chi connectivity index (χ0) is 20.0. The van der Waals surface area contributed by atoms with Gasteiger partial charge in [-0.05, 0) is 43.0 Å². The number of carbonyl (C=O) groups excluding carboxylic acids is 3. The van der Waals surface area contributed by atoms with Gasteiger partial charge >= 0.3 is 5.97 Å². The number of ketones is 1. The number of amides is 1. The molecular weight excluding hydrogens is 370 g/mol. The molecule has 0 unspecified atom stereocenters. The van der Waals surface area contributed by atoms with Crippen molar-refractivity contribution in [1.29, 1.82) is 0 Å². The molecule has 0 aromatic heterocycles. The van der Waals surface area contributed by atoms with Gasteiger partial charge in [-0.3, -0.25) is 14.4 Å². The van der Waals surface area contributed by atoms with E-state index in [0.717, 1.165) is 12.8 Å². The Hall–Kier alpha value is -3.15. The highest BCUT2D eigenvalue weighted by Crippen LogP contribution is 2.57. The van der Waals surface area contributed by atoms with E-state index in [4.69, 9.17) is 9.47 Å². The average Bonchev–Trinajstić information content (AvgIpc) is 3.36. The fourth-order valence-electron chi connectivity index (χ4n) is 5.08. The maximum absolute atomic E-state index is 12.8. The second-order valence-electron chi connectivity index (χ2n) is 8.01. The van der Waals surface area contributed by atoms with E-state index in [-0.39, 0.29) is 54.0 Å². The Labute approximate surface area is 168 Å². The van der Waals surface area contributed by atoms with Gasteiger partial charge in [0, 0.05) is 17.2 Å². The van der Waals surface area contributed by atoms with Crippen molar-refractivity contribution < 1.29 is 23.9 Å². The normalized spacial score (nSPS) is 28.8. The first kappa shape index (κ1) is 17.9. The van der Waals surface area contributed by atoms with Crippen LogP contribution >= 0.6 is 0 Å². The molecule has 1 saturated heterocycles. The molecule has 3 fully saturated rings. The molecule has 2 aromatic rings. The number of hydrogen-bond donors (Lipinski definition) is 1. The number of Topliss-reactive ketones (excluding diaryl/α,β-unsaturated/α-hetero) is 1. The summed E-state index contributed by atoms with van der Waals surface area (Å²) in [7, 11) is 0. The van der Waals surface area contributed by atoms with Gasteiger partial charge in [0.2, 0.25) is 5.91 Å². The van der Waals surface area contributed by atoms with Crippen LogP contribution in [-0.2, 0) is 14.3 Å². The SMILES string of the molecule is O=C(COc1ccc(NC(=O)[C@@H]2[C@H]3C[C@@H]4[C@@H]2C(=O)O[C@@H]4C3)cc1)c1ccccc1. The quantitative estimate of drug-likeness (QED) is 0.605. The van der Waals surface area contributed by atoms with Crippen LogP contribution in [0, 0.1) is 23.7 Å². The number of fused-ring (bicyclic) bond motifs is 1. The fourth-order valence-corrected chi connectivity index (χ4v) is 5.08. The molecule has 1 amide bonds. The first-order valence-corrected chi connectivity index (χ1v) is 9.92. The number of esters is 1. The number of ether oxygens (including phenoxy) is 2. The molecule has 2 bridgehead atoms. The van der Waals surface area contributed by atoms with Gasteiger partial charge in [0.05, 0.1) is 11.8 Å². The number of anilines is 1. The zero-order valence-corrected chi connectivity index (χ0v) is 15.7. The van der Waals surface area contributed by atoms with E-state index in [1.165, 1.54) is 0 Å². The molecular formula is C23H21NO5. The average molecular weight is 391 g/mol. The summed E-state index contributed by atoms with van der Waals surface area (Å²) in [6.45, 7) is -0.0498. The number of rotatable bonds is 6. The molecule has 6 nitrogen and oxygen atoms in total. The Morgan fingerprint density at radius 1 is 1.03 bits per heavy atom. The van der Waals surface area contributed by atoms with Crippen LogP contribution in [0.25, 0.3) is 0 Å². The molecule has 2 aromatic carbocycles. The van der Waals surface area contributed by atoms with E-state index in [0.29, 0.717) is 17.0 Å². The minimum absolute atomic E-state index is 0.0246. The lowest BCUT2D eigenvalue weighted by Gasteiger charge is -2.23. The fraction of sp³-hybridized carbons (Fsp3) is 0.348. The lowest BCUT2D eigenvalue weighted by molar-refractivity contribution is -0.145. The van der Waals surface area contributed by atoms with Crippen molar-refractivity contribution >= 4 is 23.3 Å². The topological polar surface area (TPSA) is 81.7 Å². The third-order valence-electron chi connectivity index (χ3n) is 6.37. The molecule has 3 aliphatic rings. The summed E-state index contributed by atoms with van der Waals surface area (Å²) in [6.07, 6.45) is 1.73. The van der Waals surface area contributed by atoms with Crippen molar-refractivity contribution in [2.45, 2.75) is 18.9 Å². The van der Waals surface area contributed by atoms with Gasteiger partial charge in [-0.15, -0.1) is 0 Å². The van der Waals surface area contributed by atoms with Crippen molar-refractivity contribution in [1.82, 2.24) is 0 Å². The molecule has 1 aliphatic heterocycles. The van der Waals surface area contributed by atoms with Crippen molar-refractivity contribution in [2.24, 2.45) is 23.7 Å². The summed E-state index contributed by atoms with van der Waals surface area (Å²) in [5.74, 6) is -0.0274. The molecule has 0 spiro atoms. The maximum atomic E-state index is 12.8. The van der Waals surface area contributed by atoms with E-state index >= 15 is 0 Å². The van der Waals surface area contributed by atoms with E-state index in [9.17, 15) is 14.4 Å². The third kappa shape index (κ3) is 3.18. The number of benzene rings is 2. The first-order chi connectivity index (χ1) is 14.1. The predicted octanol–water partition coefficient (Wildman–Crippen LogP) is 3.08. The van der Waals surface area contributed by atoms with Gasteiger partial charge in [-0.25, -0.2) is 0 Å². The van der Waals surface area contributed by atoms with Gasteiger partial charge in [0.1, 0.15) is 11.9 Å². The van der Waals surface area contributed by atoms with Gasteiger partial charge in [-0.1, -0.05) is 30.3 Å². The van der Waals surface area contributed by atoms with Crippen LogP contribution in [0.15, 0.2) is 54.6 Å². The molecule has 5 rings (SSSR count). The van der Waals surface area contributed by atoms with Crippen LogP contribution in [0.4, 0.5) is 5.69 Å². The number of hydrogen-bond acceptors (Lipinski definition) is 5. The summed E-state index contributed by atoms with van der Waals surface area (Å²) >= 11 is 0. The van der Waals surface area contributed by atoms with Crippen LogP contribution in [0.2, 0.25) is 0 Å². The number of carbonyl (C=O) groups is 3. The van der Waals surface area contributed by atoms with Crippen LogP contribution in [0.5, 0.6) is 5.75 Å². The van der Waals surface area contributed by atoms with E-state index in [2.05, 4.69) is 5.32 Å². The van der Waals surface area contributed by atoms with Gasteiger partial charge in [0.15, 0.2) is 12.4 Å². The Morgan fingerprint density at radius 2 is 1.79 bits per heavy atom. The molecule has 2 aliphatic carbocycles. The van der Waals surface area contributed by atoms with E-state index < -0.39 is 0 Å². The smallest absolute Gasteiger partial charge is 0.310 e. The van der Waals surface area contributed by atoms with Crippen LogP contribution in [0.3, 0.4) is 0 Å². The predicted molar refractivity (Wildman–Crippen MR) is 104 cm³/mol. The van der Waals surface area contributed by atoms with Gasteiger partial charge < -0.3 is 14.8 Å². The minimum atomic E-state index is -0.300. The van der Waals surface area contributed by atoms with Crippen LogP contribution in [0.1, 0.15) is 23.2 Å². The molecule has 1 heterocycles. The molecule has 6 heteroatoms. The summed E-state index contributed by atoms with van der Waals surface area (Å²) < 4.78 is 11.0. The van der Waals surface area contributed by atoms with Crippen molar-refractivity contribution in [3.63, 3.8) is 0 Å². The Kier molecular flexibility index (Phi) is 4.34. The first-order valence-electron chi connectivity index (χ1n) is 9.92. The van der Waals surface area contributed by atoms with E-state index in [1.54, 1.807) is 36.4 Å². The molecule has 5 atom stereocenters. The highest BCUT2D eigenvalue weighted by Gasteiger charge is 2.63. The Bertz CT molecular complexity index is 953. The molecule has 2 saturated carbocycles. The summed E-state index contributed by atoms with van der Waals surface area (Å²) in [4.78, 5) is 37.0. The lowest BCUT2D eigenvalue weighted by atomic mass is 9.79. The Morgan fingerprint density at radius 3 is 2.55 bits per heavy atom. The second-order valence-corrected chi connectivity index (χ2v) is 8.01. The minimum Gasteiger partial charge on any atom is -0.485 e. The summed E-state index contributed by atoms with van der Waals surface area (Å²) in [5, 5.41) is 2.92. The largest absolute Gasteiger partial charge is 0.485 e. The van der Waals surface area contributed by atoms with Crippen LogP contribution < -0.4 is 10.1 Å². The van der Waals surface area contributed by atoms with Crippen molar-refractivity contribution in [3.8, 4) is 5.75 Å². The number of nitrogens with one attached hydrogen (secondary N) is 1. The second kappa shape index (κ2) is 7.03. The molecule has 29 heavy (non-hydrogen) atoms. The Balaban J connectivity index is 1.18. The summed E-state index contributed by atoms with van der Waals surface area (Å²) in [5.41, 5.74) is 1.25. The molecule has 1 N–H and O–H groups in total. The lowest BCUT2D eigenvalue weighted by Crippen LogP contribution is -2.35. The third-order valence-corrected chi connectivity index (χ3v) is 6.37. The van der Waals surface area contributed by atoms with Crippen molar-refractivity contribution in [3.05, 3.63) is 60.2 Å². The van der Waals surface area contributed by atoms with E-state index in [1.807, 2.05) is 18.2 Å². The van der Waals surface area contributed by atoms with Gasteiger partial charge in [0.25, 0.3) is 0 Å². The highest BCUT2D eigenvalue weighted by molar-refractivity contribution is 5.97. The zero-order valence-electron chi connectivity index (χ0n) is 15.7. The van der Waals surface area contributed by atoms with Crippen LogP contribution in [-0.4, -0.2) is 30.4 Å². The maximum Gasteiger partial charge on any atom is 0.310 e. The molecule has 0 radical (unpaired) electrons. The standard InChI is InChI=1S/C23H21NO5/c25-18(13-4-2-1-3-5-13)12-28-16-8-6-15(7-9-16)24-22(26)20-14-10-17-19(11-14)29-23(27)21(17)20/h1-9,14,17,19-21H,10-12H2,(H,24,26)/t14-,17-,19+,20+,21-/m0/s1. The molecule has 148 valence electrons. The van der Waals surface area contributed by atoms with Crippen molar-refractivity contribution in [2.75, 3.05) is 11.9 Å².